The van der Waals surface area contributed by atoms with E-state index < -0.39 is 5.97 Å². The van der Waals surface area contributed by atoms with E-state index in [-0.39, 0.29) is 22.8 Å². The highest BCUT2D eigenvalue weighted by atomic mass is 35.5. The van der Waals surface area contributed by atoms with Crippen LogP contribution in [0, 0.1) is 6.92 Å². The van der Waals surface area contributed by atoms with Crippen LogP contribution in [0.25, 0.3) is 16.7 Å². The third-order valence-electron chi connectivity index (χ3n) is 4.94. The largest absolute Gasteiger partial charge is 0.493 e. The zero-order valence-corrected chi connectivity index (χ0v) is 18.1. The highest BCUT2D eigenvalue weighted by Crippen LogP contribution is 2.36. The summed E-state index contributed by atoms with van der Waals surface area (Å²) in [6, 6.07) is 8.44. The van der Waals surface area contributed by atoms with Crippen molar-refractivity contribution >= 4 is 34.3 Å². The number of nitrogens with zero attached hydrogens (tertiary/aromatic N) is 4. The van der Waals surface area contributed by atoms with Crippen molar-refractivity contribution in [3.05, 3.63) is 62.7 Å². The van der Waals surface area contributed by atoms with Gasteiger partial charge < -0.3 is 14.2 Å². The van der Waals surface area contributed by atoms with Gasteiger partial charge in [-0.2, -0.15) is 0 Å². The van der Waals surface area contributed by atoms with Gasteiger partial charge in [-0.15, -0.1) is 10.2 Å². The number of fused-ring (bicyclic) bond motifs is 3. The van der Waals surface area contributed by atoms with Crippen molar-refractivity contribution in [2.75, 3.05) is 14.2 Å². The maximum Gasteiger partial charge on any atom is 0.338 e. The number of hydrogen-bond acceptors (Lipinski definition) is 7. The fraction of sp³-hybridized carbons (Fsp3) is 0.238. The predicted octanol–water partition coefficient (Wildman–Crippen LogP) is 2.92. The van der Waals surface area contributed by atoms with Gasteiger partial charge in [-0.1, -0.05) is 23.2 Å². The van der Waals surface area contributed by atoms with Crippen molar-refractivity contribution < 1.29 is 19.0 Å². The summed E-state index contributed by atoms with van der Waals surface area (Å²) in [5.74, 6) is 0.739. The SMILES string of the molecule is COc1cc(C(=O)OCc2nnc3n(C)c(=O)c4cc(C)ccc4n23)cc(Cl)c1OC. The van der Waals surface area contributed by atoms with E-state index in [0.717, 1.165) is 5.56 Å². The molecule has 10 heteroatoms. The molecule has 4 aromatic rings. The smallest absolute Gasteiger partial charge is 0.338 e. The summed E-state index contributed by atoms with van der Waals surface area (Å²) in [7, 11) is 4.52. The zero-order valence-electron chi connectivity index (χ0n) is 17.3. The summed E-state index contributed by atoms with van der Waals surface area (Å²) in [4.78, 5) is 25.3. The van der Waals surface area contributed by atoms with Crippen LogP contribution in [0.5, 0.6) is 11.5 Å². The van der Waals surface area contributed by atoms with Gasteiger partial charge in [0.05, 0.1) is 35.7 Å². The molecule has 2 aromatic carbocycles. The van der Waals surface area contributed by atoms with Crippen molar-refractivity contribution in [2.45, 2.75) is 13.5 Å². The number of halogens is 1. The molecule has 0 aliphatic rings. The van der Waals surface area contributed by atoms with E-state index in [9.17, 15) is 9.59 Å². The van der Waals surface area contributed by atoms with Crippen LogP contribution in [0.2, 0.25) is 5.02 Å². The Bertz CT molecular complexity index is 1390. The van der Waals surface area contributed by atoms with E-state index in [4.69, 9.17) is 25.8 Å². The second kappa shape index (κ2) is 7.92. The molecule has 0 N–H and O–H groups in total. The summed E-state index contributed by atoms with van der Waals surface area (Å²) in [5, 5.41) is 8.96. The molecular weight excluding hydrogens is 424 g/mol. The lowest BCUT2D eigenvalue weighted by Crippen LogP contribution is -2.20. The lowest BCUT2D eigenvalue weighted by Gasteiger charge is -2.12. The van der Waals surface area contributed by atoms with Gasteiger partial charge in [-0.3, -0.25) is 13.8 Å². The summed E-state index contributed by atoms with van der Waals surface area (Å²) in [5.41, 5.74) is 1.61. The normalized spacial score (nSPS) is 11.1. The molecule has 0 fully saturated rings. The third-order valence-corrected chi connectivity index (χ3v) is 5.22. The molecule has 160 valence electrons. The van der Waals surface area contributed by atoms with Crippen molar-refractivity contribution in [1.82, 2.24) is 19.2 Å². The van der Waals surface area contributed by atoms with Gasteiger partial charge in [-0.05, 0) is 31.2 Å². The molecule has 0 aliphatic heterocycles. The van der Waals surface area contributed by atoms with Crippen LogP contribution in [0.3, 0.4) is 0 Å². The van der Waals surface area contributed by atoms with Gasteiger partial charge in [-0.25, -0.2) is 4.79 Å². The minimum absolute atomic E-state index is 0.160. The molecule has 0 unspecified atom stereocenters. The number of aromatic nitrogens is 4. The number of hydrogen-bond donors (Lipinski definition) is 0. The Hall–Kier alpha value is -3.59. The number of aryl methyl sites for hydroxylation is 2. The first kappa shape index (κ1) is 20.7. The molecule has 9 nitrogen and oxygen atoms in total. The first-order chi connectivity index (χ1) is 14.8. The molecular formula is C21H19ClN4O5. The molecule has 0 amide bonds. The van der Waals surface area contributed by atoms with E-state index in [1.54, 1.807) is 17.5 Å². The maximum absolute atomic E-state index is 12.7. The Morgan fingerprint density at radius 1 is 1.13 bits per heavy atom. The molecule has 0 radical (unpaired) electrons. The van der Waals surface area contributed by atoms with Crippen molar-refractivity contribution in [3.8, 4) is 11.5 Å². The molecule has 2 heterocycles. The molecule has 0 atom stereocenters. The van der Waals surface area contributed by atoms with Crippen LogP contribution in [0.4, 0.5) is 0 Å². The topological polar surface area (TPSA) is 97.0 Å². The predicted molar refractivity (Wildman–Crippen MR) is 114 cm³/mol. The second-order valence-corrected chi connectivity index (χ2v) is 7.31. The lowest BCUT2D eigenvalue weighted by atomic mass is 10.1. The zero-order chi connectivity index (χ0) is 22.3. The fourth-order valence-corrected chi connectivity index (χ4v) is 3.69. The van der Waals surface area contributed by atoms with E-state index in [1.165, 1.54) is 30.9 Å². The van der Waals surface area contributed by atoms with Crippen LogP contribution in [-0.2, 0) is 18.4 Å². The lowest BCUT2D eigenvalue weighted by molar-refractivity contribution is 0.0461. The molecule has 0 saturated heterocycles. The number of ether oxygens (including phenoxy) is 3. The Morgan fingerprint density at radius 2 is 1.90 bits per heavy atom. The Balaban J connectivity index is 1.70. The van der Waals surface area contributed by atoms with Crippen molar-refractivity contribution in [3.63, 3.8) is 0 Å². The standard InChI is InChI=1S/C21H19ClN4O5/c1-11-5-6-15-13(7-11)19(27)25(2)21-24-23-17(26(15)21)10-31-20(28)12-8-14(22)18(30-4)16(9-12)29-3/h5-9H,10H2,1-4H3. The minimum atomic E-state index is -0.621. The third kappa shape index (κ3) is 3.46. The van der Waals surface area contributed by atoms with Crippen LogP contribution in [-0.4, -0.2) is 39.4 Å². The van der Waals surface area contributed by atoms with Crippen molar-refractivity contribution in [1.29, 1.82) is 0 Å². The first-order valence-electron chi connectivity index (χ1n) is 9.27. The van der Waals surface area contributed by atoms with Crippen LogP contribution < -0.4 is 15.0 Å². The minimum Gasteiger partial charge on any atom is -0.493 e. The highest BCUT2D eigenvalue weighted by Gasteiger charge is 2.19. The molecule has 31 heavy (non-hydrogen) atoms. The molecule has 2 aromatic heterocycles. The summed E-state index contributed by atoms with van der Waals surface area (Å²) in [6.07, 6.45) is 0. The van der Waals surface area contributed by atoms with Crippen LogP contribution in [0.1, 0.15) is 21.7 Å². The number of rotatable bonds is 5. The van der Waals surface area contributed by atoms with Gasteiger partial charge in [0.15, 0.2) is 23.9 Å². The summed E-state index contributed by atoms with van der Waals surface area (Å²) < 4.78 is 19.0. The Labute approximate surface area is 181 Å². The van der Waals surface area contributed by atoms with Gasteiger partial charge in [0, 0.05) is 7.05 Å². The van der Waals surface area contributed by atoms with Crippen molar-refractivity contribution in [2.24, 2.45) is 7.05 Å². The number of carbonyl (C=O) groups is 1. The molecule has 4 rings (SSSR count). The second-order valence-electron chi connectivity index (χ2n) is 6.91. The van der Waals surface area contributed by atoms with E-state index >= 15 is 0 Å². The quantitative estimate of drug-likeness (QED) is 0.438. The monoisotopic (exact) mass is 442 g/mol. The summed E-state index contributed by atoms with van der Waals surface area (Å²) >= 11 is 6.17. The first-order valence-corrected chi connectivity index (χ1v) is 9.65. The number of benzene rings is 2. The highest BCUT2D eigenvalue weighted by molar-refractivity contribution is 6.32. The van der Waals surface area contributed by atoms with Gasteiger partial charge in [0.1, 0.15) is 0 Å². The average Bonchev–Trinajstić information content (AvgIpc) is 3.19. The average molecular weight is 443 g/mol. The molecule has 0 bridgehead atoms. The fourth-order valence-electron chi connectivity index (χ4n) is 3.40. The number of carbonyl (C=O) groups excluding carboxylic acids is 1. The molecule has 0 saturated carbocycles. The Morgan fingerprint density at radius 3 is 2.61 bits per heavy atom. The van der Waals surface area contributed by atoms with Gasteiger partial charge in [0.25, 0.3) is 5.56 Å². The van der Waals surface area contributed by atoms with Crippen LogP contribution >= 0.6 is 11.6 Å². The Kier molecular flexibility index (Phi) is 5.28. The van der Waals surface area contributed by atoms with E-state index in [1.807, 2.05) is 19.1 Å². The van der Waals surface area contributed by atoms with Crippen LogP contribution in [0.15, 0.2) is 35.1 Å². The van der Waals surface area contributed by atoms with Gasteiger partial charge >= 0.3 is 5.97 Å². The molecule has 0 spiro atoms. The van der Waals surface area contributed by atoms with E-state index in [2.05, 4.69) is 10.2 Å². The summed E-state index contributed by atoms with van der Waals surface area (Å²) in [6.45, 7) is 1.75. The molecule has 0 aliphatic carbocycles. The number of methoxy groups -OCH3 is 2. The number of esters is 1. The van der Waals surface area contributed by atoms with E-state index in [0.29, 0.717) is 34.0 Å². The maximum atomic E-state index is 12.7. The van der Waals surface area contributed by atoms with Gasteiger partial charge in [0.2, 0.25) is 5.78 Å².